The highest BCUT2D eigenvalue weighted by atomic mass is 16.3. The number of hydrogen-bond donors (Lipinski definition) is 1. The van der Waals surface area contributed by atoms with Gasteiger partial charge in [-0.1, -0.05) is 38.5 Å². The summed E-state index contributed by atoms with van der Waals surface area (Å²) in [7, 11) is 0. The summed E-state index contributed by atoms with van der Waals surface area (Å²) in [5.41, 5.74) is 4.78. The van der Waals surface area contributed by atoms with Crippen molar-refractivity contribution in [3.63, 3.8) is 0 Å². The molecule has 0 fully saturated rings. The van der Waals surface area contributed by atoms with Crippen molar-refractivity contribution in [1.29, 1.82) is 0 Å². The molecule has 1 N–H and O–H groups in total. The van der Waals surface area contributed by atoms with E-state index in [1.807, 2.05) is 6.07 Å². The van der Waals surface area contributed by atoms with E-state index in [2.05, 4.69) is 51.7 Å². The van der Waals surface area contributed by atoms with E-state index in [9.17, 15) is 5.11 Å². The van der Waals surface area contributed by atoms with Crippen molar-refractivity contribution in [2.24, 2.45) is 0 Å². The van der Waals surface area contributed by atoms with Crippen LogP contribution in [0, 0.1) is 0 Å². The molecule has 0 unspecified atom stereocenters. The minimum atomic E-state index is 0.460. The molecule has 0 aliphatic heterocycles. The molecule has 2 heteroatoms. The van der Waals surface area contributed by atoms with Crippen molar-refractivity contribution in [2.45, 2.75) is 53.9 Å². The maximum atomic E-state index is 10.4. The maximum Gasteiger partial charge on any atom is 0.119 e. The Hall–Kier alpha value is -1.28. The highest BCUT2D eigenvalue weighted by molar-refractivity contribution is 5.58. The molecule has 0 aliphatic rings. The monoisotopic (exact) mass is 289 g/mol. The van der Waals surface area contributed by atoms with Crippen LogP contribution in [-0.2, 0) is 12.8 Å². The number of phenolic OH excluding ortho intramolecular Hbond substituents is 1. The lowest BCUT2D eigenvalue weighted by molar-refractivity contribution is 0.299. The van der Waals surface area contributed by atoms with Gasteiger partial charge in [0.15, 0.2) is 0 Å². The SMILES string of the molecule is CCc1cc(C=C(C)C)cc(O)c1CCCN(CC)CC. The lowest BCUT2D eigenvalue weighted by Gasteiger charge is -2.18. The average molecular weight is 289 g/mol. The Labute approximate surface area is 130 Å². The second-order valence-corrected chi connectivity index (χ2v) is 5.88. The molecule has 0 bridgehead atoms. The topological polar surface area (TPSA) is 23.5 Å². The Morgan fingerprint density at radius 2 is 1.81 bits per heavy atom. The van der Waals surface area contributed by atoms with Gasteiger partial charge in [0.2, 0.25) is 0 Å². The molecule has 1 aromatic rings. The molecule has 2 nitrogen and oxygen atoms in total. The number of allylic oxidation sites excluding steroid dienone is 1. The zero-order valence-corrected chi connectivity index (χ0v) is 14.4. The lowest BCUT2D eigenvalue weighted by atomic mass is 9.96. The van der Waals surface area contributed by atoms with E-state index in [1.54, 1.807) is 0 Å². The fraction of sp³-hybridized carbons (Fsp3) is 0.579. The molecule has 0 saturated heterocycles. The first-order valence-electron chi connectivity index (χ1n) is 8.23. The van der Waals surface area contributed by atoms with Crippen LogP contribution in [-0.4, -0.2) is 29.6 Å². The van der Waals surface area contributed by atoms with Gasteiger partial charge < -0.3 is 10.0 Å². The van der Waals surface area contributed by atoms with Crippen LogP contribution in [0.4, 0.5) is 0 Å². The summed E-state index contributed by atoms with van der Waals surface area (Å²) < 4.78 is 0. The molecule has 0 heterocycles. The van der Waals surface area contributed by atoms with E-state index in [-0.39, 0.29) is 0 Å². The van der Waals surface area contributed by atoms with Crippen LogP contribution >= 0.6 is 0 Å². The summed E-state index contributed by atoms with van der Waals surface area (Å²) in [6, 6.07) is 4.12. The molecule has 0 atom stereocenters. The summed E-state index contributed by atoms with van der Waals surface area (Å²) in [6.07, 6.45) is 5.15. The van der Waals surface area contributed by atoms with E-state index in [0.717, 1.165) is 50.0 Å². The number of benzene rings is 1. The highest BCUT2D eigenvalue weighted by Gasteiger charge is 2.09. The maximum absolute atomic E-state index is 10.4. The molecule has 1 rings (SSSR count). The fourth-order valence-electron chi connectivity index (χ4n) is 2.78. The van der Waals surface area contributed by atoms with Crippen molar-refractivity contribution in [3.8, 4) is 5.75 Å². The van der Waals surface area contributed by atoms with Crippen LogP contribution in [0.25, 0.3) is 6.08 Å². The van der Waals surface area contributed by atoms with E-state index in [1.165, 1.54) is 11.1 Å². The first kappa shape index (κ1) is 17.8. The predicted octanol–water partition coefficient (Wildman–Crippen LogP) is 4.65. The van der Waals surface area contributed by atoms with Crippen molar-refractivity contribution < 1.29 is 5.11 Å². The highest BCUT2D eigenvalue weighted by Crippen LogP contribution is 2.27. The van der Waals surface area contributed by atoms with Crippen LogP contribution in [0.15, 0.2) is 17.7 Å². The van der Waals surface area contributed by atoms with E-state index >= 15 is 0 Å². The van der Waals surface area contributed by atoms with Gasteiger partial charge in [-0.25, -0.2) is 0 Å². The van der Waals surface area contributed by atoms with Crippen LogP contribution in [0.2, 0.25) is 0 Å². The van der Waals surface area contributed by atoms with E-state index in [4.69, 9.17) is 0 Å². The molecule has 0 radical (unpaired) electrons. The van der Waals surface area contributed by atoms with Gasteiger partial charge in [-0.2, -0.15) is 0 Å². The normalized spacial score (nSPS) is 11.0. The second kappa shape index (κ2) is 8.89. The Morgan fingerprint density at radius 1 is 1.14 bits per heavy atom. The summed E-state index contributed by atoms with van der Waals surface area (Å²) in [4.78, 5) is 2.43. The molecule has 0 saturated carbocycles. The number of aromatic hydroxyl groups is 1. The molecule has 1 aromatic carbocycles. The van der Waals surface area contributed by atoms with Gasteiger partial charge >= 0.3 is 0 Å². The first-order valence-corrected chi connectivity index (χ1v) is 8.23. The minimum Gasteiger partial charge on any atom is -0.508 e. The van der Waals surface area contributed by atoms with Crippen molar-refractivity contribution in [2.75, 3.05) is 19.6 Å². The van der Waals surface area contributed by atoms with E-state index in [0.29, 0.717) is 5.75 Å². The van der Waals surface area contributed by atoms with Gasteiger partial charge in [0, 0.05) is 0 Å². The Bertz CT molecular complexity index is 469. The Kier molecular flexibility index (Phi) is 7.52. The zero-order chi connectivity index (χ0) is 15.8. The smallest absolute Gasteiger partial charge is 0.119 e. The molecule has 0 aromatic heterocycles. The fourth-order valence-corrected chi connectivity index (χ4v) is 2.78. The van der Waals surface area contributed by atoms with Crippen LogP contribution < -0.4 is 0 Å². The van der Waals surface area contributed by atoms with Crippen LogP contribution in [0.1, 0.15) is 57.7 Å². The van der Waals surface area contributed by atoms with Gasteiger partial charge in [0.05, 0.1) is 0 Å². The van der Waals surface area contributed by atoms with Crippen molar-refractivity contribution in [1.82, 2.24) is 4.90 Å². The standard InChI is InChI=1S/C19H31NO/c1-6-17-13-16(12-15(4)5)14-19(21)18(17)10-9-11-20(7-2)8-3/h12-14,21H,6-11H2,1-5H3. The molecule has 21 heavy (non-hydrogen) atoms. The number of aryl methyl sites for hydroxylation is 1. The van der Waals surface area contributed by atoms with Crippen LogP contribution in [0.5, 0.6) is 5.75 Å². The third kappa shape index (κ3) is 5.55. The number of rotatable bonds is 8. The summed E-state index contributed by atoms with van der Waals surface area (Å²) in [6.45, 7) is 14.0. The zero-order valence-electron chi connectivity index (χ0n) is 14.4. The number of hydrogen-bond acceptors (Lipinski definition) is 2. The summed E-state index contributed by atoms with van der Waals surface area (Å²) in [5, 5.41) is 10.4. The summed E-state index contributed by atoms with van der Waals surface area (Å²) >= 11 is 0. The Morgan fingerprint density at radius 3 is 2.33 bits per heavy atom. The number of phenols is 1. The molecule has 0 amide bonds. The third-order valence-corrected chi connectivity index (χ3v) is 3.97. The molecule has 118 valence electrons. The average Bonchev–Trinajstić information content (AvgIpc) is 2.44. The second-order valence-electron chi connectivity index (χ2n) is 5.88. The number of nitrogens with zero attached hydrogens (tertiary/aromatic N) is 1. The quantitative estimate of drug-likeness (QED) is 0.753. The first-order chi connectivity index (χ1) is 10.0. The molecule has 0 spiro atoms. The lowest BCUT2D eigenvalue weighted by Crippen LogP contribution is -2.24. The minimum absolute atomic E-state index is 0.460. The Balaban J connectivity index is 2.84. The molecular weight excluding hydrogens is 258 g/mol. The van der Waals surface area contributed by atoms with Crippen molar-refractivity contribution in [3.05, 3.63) is 34.4 Å². The molecule has 0 aliphatic carbocycles. The summed E-state index contributed by atoms with van der Waals surface area (Å²) in [5.74, 6) is 0.460. The largest absolute Gasteiger partial charge is 0.508 e. The predicted molar refractivity (Wildman–Crippen MR) is 92.9 cm³/mol. The van der Waals surface area contributed by atoms with Gasteiger partial charge in [0.1, 0.15) is 5.75 Å². The van der Waals surface area contributed by atoms with Gasteiger partial charge in [0.25, 0.3) is 0 Å². The van der Waals surface area contributed by atoms with Gasteiger partial charge in [-0.15, -0.1) is 0 Å². The van der Waals surface area contributed by atoms with Gasteiger partial charge in [-0.05, 0) is 75.5 Å². The molecular formula is C19H31NO. The van der Waals surface area contributed by atoms with Crippen molar-refractivity contribution >= 4 is 6.08 Å². The van der Waals surface area contributed by atoms with Gasteiger partial charge in [-0.3, -0.25) is 0 Å². The van der Waals surface area contributed by atoms with E-state index < -0.39 is 0 Å². The third-order valence-electron chi connectivity index (χ3n) is 3.97. The van der Waals surface area contributed by atoms with Crippen LogP contribution in [0.3, 0.4) is 0 Å².